The molecule has 0 spiro atoms. The van der Waals surface area contributed by atoms with Crippen LogP contribution in [0.1, 0.15) is 36.6 Å². The van der Waals surface area contributed by atoms with E-state index in [1.54, 1.807) is 0 Å². The summed E-state index contributed by atoms with van der Waals surface area (Å²) in [5.41, 5.74) is 3.21. The van der Waals surface area contributed by atoms with Crippen LogP contribution >= 0.6 is 0 Å². The molecule has 162 valence electrons. The van der Waals surface area contributed by atoms with E-state index in [1.165, 1.54) is 6.42 Å². The molecule has 2 aliphatic heterocycles. The van der Waals surface area contributed by atoms with Gasteiger partial charge in [0, 0.05) is 58.2 Å². The minimum atomic E-state index is -0.170. The maximum absolute atomic E-state index is 13.5. The summed E-state index contributed by atoms with van der Waals surface area (Å²) in [7, 11) is 0. The smallest absolute Gasteiger partial charge is 0.244 e. The highest BCUT2D eigenvalue weighted by atomic mass is 16.2. The zero-order valence-electron chi connectivity index (χ0n) is 18.1. The first kappa shape index (κ1) is 20.2. The Hall–Kier alpha value is -2.70. The molecule has 2 saturated heterocycles. The zero-order valence-corrected chi connectivity index (χ0v) is 18.1. The average molecular weight is 418 g/mol. The molecule has 1 amide bonds. The molecule has 2 aromatic heterocycles. The third-order valence-electron chi connectivity index (χ3n) is 6.59. The second kappa shape index (κ2) is 9.20. The number of piperazine rings is 1. The van der Waals surface area contributed by atoms with Crippen LogP contribution in [0.3, 0.4) is 0 Å². The van der Waals surface area contributed by atoms with Gasteiger partial charge in [-0.25, -0.2) is 4.98 Å². The van der Waals surface area contributed by atoms with Crippen LogP contribution in [-0.4, -0.2) is 69.3 Å². The average Bonchev–Trinajstić information content (AvgIpc) is 3.24. The summed E-state index contributed by atoms with van der Waals surface area (Å²) in [5, 5.41) is 0. The summed E-state index contributed by atoms with van der Waals surface area (Å²) in [5.74, 6) is 0.278. The molecular weight excluding hydrogens is 386 g/mol. The SMILES string of the molecule is O=C([C@@H](c1ccccc1)N1CCN(Cc2cn3ccccc3n2)CC1)N1CCCCC1. The molecule has 5 rings (SSSR count). The van der Waals surface area contributed by atoms with E-state index in [0.717, 1.165) is 75.6 Å². The number of piperidine rings is 1. The van der Waals surface area contributed by atoms with Crippen molar-refractivity contribution in [1.82, 2.24) is 24.1 Å². The number of pyridine rings is 1. The Morgan fingerprint density at radius 3 is 2.35 bits per heavy atom. The van der Waals surface area contributed by atoms with Gasteiger partial charge in [0.1, 0.15) is 11.7 Å². The highest BCUT2D eigenvalue weighted by molar-refractivity contribution is 5.83. The molecule has 1 atom stereocenters. The number of hydrogen-bond acceptors (Lipinski definition) is 4. The number of aromatic nitrogens is 2. The number of amides is 1. The number of fused-ring (bicyclic) bond motifs is 1. The van der Waals surface area contributed by atoms with Gasteiger partial charge in [-0.1, -0.05) is 36.4 Å². The summed E-state index contributed by atoms with van der Waals surface area (Å²) in [4.78, 5) is 25.2. The molecule has 0 bridgehead atoms. The molecule has 0 aliphatic carbocycles. The fourth-order valence-electron chi connectivity index (χ4n) is 4.90. The Bertz CT molecular complexity index is 970. The summed E-state index contributed by atoms with van der Waals surface area (Å²) < 4.78 is 2.08. The molecule has 3 aromatic rings. The van der Waals surface area contributed by atoms with Crippen molar-refractivity contribution in [3.8, 4) is 0 Å². The van der Waals surface area contributed by atoms with Crippen molar-refractivity contribution >= 4 is 11.6 Å². The van der Waals surface area contributed by atoms with Gasteiger partial charge in [0.2, 0.25) is 5.91 Å². The lowest BCUT2D eigenvalue weighted by molar-refractivity contribution is -0.139. The van der Waals surface area contributed by atoms with Crippen molar-refractivity contribution in [2.45, 2.75) is 31.8 Å². The highest BCUT2D eigenvalue weighted by Crippen LogP contribution is 2.26. The number of nitrogens with zero attached hydrogens (tertiary/aromatic N) is 5. The number of rotatable bonds is 5. The van der Waals surface area contributed by atoms with Crippen LogP contribution in [0.4, 0.5) is 0 Å². The Kier molecular flexibility index (Phi) is 6.00. The minimum absolute atomic E-state index is 0.170. The molecule has 2 aliphatic rings. The standard InChI is InChI=1S/C25H31N5O/c31-25(29-12-6-2-7-13-29)24(21-9-3-1-4-10-21)28-17-15-27(16-18-28)19-22-20-30-14-8-5-11-23(30)26-22/h1,3-5,8-11,14,20,24H,2,6-7,12-13,15-19H2/t24-/m1/s1. The maximum Gasteiger partial charge on any atom is 0.244 e. The molecule has 2 fully saturated rings. The van der Waals surface area contributed by atoms with Crippen molar-refractivity contribution in [2.75, 3.05) is 39.3 Å². The molecule has 1 aromatic carbocycles. The lowest BCUT2D eigenvalue weighted by Gasteiger charge is -2.41. The third-order valence-corrected chi connectivity index (χ3v) is 6.59. The van der Waals surface area contributed by atoms with Crippen LogP contribution < -0.4 is 0 Å². The van der Waals surface area contributed by atoms with Crippen LogP contribution in [0.15, 0.2) is 60.9 Å². The summed E-state index contributed by atoms with van der Waals surface area (Å²) in [6.07, 6.45) is 7.65. The number of carbonyl (C=O) groups is 1. The van der Waals surface area contributed by atoms with Gasteiger partial charge in [0.15, 0.2) is 0 Å². The van der Waals surface area contributed by atoms with Gasteiger partial charge >= 0.3 is 0 Å². The second-order valence-electron chi connectivity index (χ2n) is 8.71. The van der Waals surface area contributed by atoms with Gasteiger partial charge in [-0.2, -0.15) is 0 Å². The predicted molar refractivity (Wildman–Crippen MR) is 122 cm³/mol. The fourth-order valence-corrected chi connectivity index (χ4v) is 4.90. The fraction of sp³-hybridized carbons (Fsp3) is 0.440. The van der Waals surface area contributed by atoms with Gasteiger partial charge < -0.3 is 9.30 Å². The molecule has 0 N–H and O–H groups in total. The van der Waals surface area contributed by atoms with E-state index >= 15 is 0 Å². The Morgan fingerprint density at radius 2 is 1.61 bits per heavy atom. The molecule has 0 unspecified atom stereocenters. The third kappa shape index (κ3) is 4.50. The monoisotopic (exact) mass is 417 g/mol. The van der Waals surface area contributed by atoms with Crippen molar-refractivity contribution in [3.63, 3.8) is 0 Å². The Morgan fingerprint density at radius 1 is 0.871 bits per heavy atom. The van der Waals surface area contributed by atoms with E-state index in [4.69, 9.17) is 4.98 Å². The molecule has 0 saturated carbocycles. The van der Waals surface area contributed by atoms with Gasteiger partial charge in [0.25, 0.3) is 0 Å². The van der Waals surface area contributed by atoms with Gasteiger partial charge in [-0.05, 0) is 37.0 Å². The first-order valence-electron chi connectivity index (χ1n) is 11.5. The number of benzene rings is 1. The van der Waals surface area contributed by atoms with E-state index in [9.17, 15) is 4.79 Å². The quantitative estimate of drug-likeness (QED) is 0.640. The summed E-state index contributed by atoms with van der Waals surface area (Å²) in [6.45, 7) is 6.34. The van der Waals surface area contributed by atoms with Crippen molar-refractivity contribution < 1.29 is 4.79 Å². The maximum atomic E-state index is 13.5. The number of hydrogen-bond donors (Lipinski definition) is 0. The number of likely N-dealkylation sites (tertiary alicyclic amines) is 1. The largest absolute Gasteiger partial charge is 0.341 e. The Balaban J connectivity index is 1.27. The van der Waals surface area contributed by atoms with E-state index in [2.05, 4.69) is 37.4 Å². The Labute approximate surface area is 184 Å². The molecule has 31 heavy (non-hydrogen) atoms. The van der Waals surface area contributed by atoms with Crippen molar-refractivity contribution in [3.05, 3.63) is 72.2 Å². The normalized spacial score (nSPS) is 19.5. The topological polar surface area (TPSA) is 44.1 Å². The number of imidazole rings is 1. The van der Waals surface area contributed by atoms with Gasteiger partial charge in [-0.15, -0.1) is 0 Å². The van der Waals surface area contributed by atoms with Crippen LogP contribution in [-0.2, 0) is 11.3 Å². The molecule has 6 heteroatoms. The predicted octanol–water partition coefficient (Wildman–Crippen LogP) is 3.21. The first-order valence-corrected chi connectivity index (χ1v) is 11.5. The van der Waals surface area contributed by atoms with Crippen LogP contribution in [0.5, 0.6) is 0 Å². The zero-order chi connectivity index (χ0) is 21.0. The molecular formula is C25H31N5O. The van der Waals surface area contributed by atoms with Gasteiger partial charge in [0.05, 0.1) is 5.69 Å². The summed E-state index contributed by atoms with van der Waals surface area (Å²) >= 11 is 0. The van der Waals surface area contributed by atoms with E-state index in [1.807, 2.05) is 42.6 Å². The second-order valence-corrected chi connectivity index (χ2v) is 8.71. The van der Waals surface area contributed by atoms with E-state index < -0.39 is 0 Å². The lowest BCUT2D eigenvalue weighted by Crippen LogP contribution is -2.52. The van der Waals surface area contributed by atoms with E-state index in [-0.39, 0.29) is 11.9 Å². The van der Waals surface area contributed by atoms with Crippen LogP contribution in [0, 0.1) is 0 Å². The van der Waals surface area contributed by atoms with Crippen LogP contribution in [0.2, 0.25) is 0 Å². The van der Waals surface area contributed by atoms with Crippen LogP contribution in [0.25, 0.3) is 5.65 Å². The molecule has 4 heterocycles. The highest BCUT2D eigenvalue weighted by Gasteiger charge is 2.33. The molecule has 0 radical (unpaired) electrons. The van der Waals surface area contributed by atoms with Crippen molar-refractivity contribution in [1.29, 1.82) is 0 Å². The van der Waals surface area contributed by atoms with E-state index in [0.29, 0.717) is 0 Å². The lowest BCUT2D eigenvalue weighted by atomic mass is 10.0. The summed E-state index contributed by atoms with van der Waals surface area (Å²) in [6, 6.07) is 16.3. The minimum Gasteiger partial charge on any atom is -0.341 e. The van der Waals surface area contributed by atoms with Crippen molar-refractivity contribution in [2.24, 2.45) is 0 Å². The van der Waals surface area contributed by atoms with Gasteiger partial charge in [-0.3, -0.25) is 14.6 Å². The first-order chi connectivity index (χ1) is 15.3. The molecule has 6 nitrogen and oxygen atoms in total. The number of carbonyl (C=O) groups excluding carboxylic acids is 1.